The first-order valence-electron chi connectivity index (χ1n) is 4.49. The maximum atomic E-state index is 8.71. The van der Waals surface area contributed by atoms with Crippen molar-refractivity contribution in [2.24, 2.45) is 0 Å². The van der Waals surface area contributed by atoms with Crippen LogP contribution in [0.4, 0.5) is 5.88 Å². The summed E-state index contributed by atoms with van der Waals surface area (Å²) in [4.78, 5) is 4.99. The van der Waals surface area contributed by atoms with E-state index in [1.54, 1.807) is 0 Å². The number of thiophene rings is 1. The van der Waals surface area contributed by atoms with Crippen molar-refractivity contribution in [3.05, 3.63) is 22.7 Å². The van der Waals surface area contributed by atoms with Gasteiger partial charge in [0.2, 0.25) is 17.5 Å². The van der Waals surface area contributed by atoms with Crippen molar-refractivity contribution in [2.75, 3.05) is 5.73 Å². The Labute approximate surface area is 91.0 Å². The smallest absolute Gasteiger partial charge is 0.240 e. The molecule has 0 saturated heterocycles. The fraction of sp³-hybridized carbons (Fsp3) is 0.200. The molecule has 4 nitrogen and oxygen atoms in total. The number of nitriles is 1. The third-order valence-electron chi connectivity index (χ3n) is 2.08. The topological polar surface area (TPSA) is 75.8 Å². The van der Waals surface area contributed by atoms with E-state index in [1.165, 1.54) is 11.3 Å². The summed E-state index contributed by atoms with van der Waals surface area (Å²) >= 11 is 1.54. The summed E-state index contributed by atoms with van der Waals surface area (Å²) in [5, 5.41) is 10.7. The number of aryl methyl sites for hydroxylation is 1. The number of oxazole rings is 1. The molecule has 0 bridgehead atoms. The van der Waals surface area contributed by atoms with Crippen LogP contribution in [0, 0.1) is 11.3 Å². The van der Waals surface area contributed by atoms with Gasteiger partial charge in [0.1, 0.15) is 6.07 Å². The maximum Gasteiger partial charge on any atom is 0.240 e. The molecule has 0 radical (unpaired) electrons. The summed E-state index contributed by atoms with van der Waals surface area (Å²) in [6, 6.07) is 3.91. The summed E-state index contributed by atoms with van der Waals surface area (Å²) < 4.78 is 5.25. The number of nitrogens with zero attached hydrogens (tertiary/aromatic N) is 2. The van der Waals surface area contributed by atoms with Crippen LogP contribution >= 0.6 is 11.3 Å². The van der Waals surface area contributed by atoms with Crippen LogP contribution in [-0.2, 0) is 6.42 Å². The van der Waals surface area contributed by atoms with Gasteiger partial charge in [-0.25, -0.2) is 0 Å². The highest BCUT2D eigenvalue weighted by Crippen LogP contribution is 2.31. The molecule has 0 amide bonds. The molecule has 2 N–H and O–H groups in total. The second kappa shape index (κ2) is 3.75. The average molecular weight is 219 g/mol. The van der Waals surface area contributed by atoms with Crippen LogP contribution in [0.3, 0.4) is 0 Å². The zero-order valence-electron chi connectivity index (χ0n) is 8.15. The maximum absolute atomic E-state index is 8.71. The van der Waals surface area contributed by atoms with E-state index in [9.17, 15) is 0 Å². The highest BCUT2D eigenvalue weighted by Gasteiger charge is 2.15. The largest absolute Gasteiger partial charge is 0.419 e. The van der Waals surface area contributed by atoms with Gasteiger partial charge < -0.3 is 10.2 Å². The van der Waals surface area contributed by atoms with Gasteiger partial charge in [0, 0.05) is 0 Å². The van der Waals surface area contributed by atoms with E-state index in [2.05, 4.69) is 11.9 Å². The Balaban J connectivity index is 2.51. The Morgan fingerprint density at radius 3 is 3.07 bits per heavy atom. The van der Waals surface area contributed by atoms with E-state index in [0.717, 1.165) is 16.9 Å². The Kier molecular flexibility index (Phi) is 2.44. The van der Waals surface area contributed by atoms with Crippen molar-refractivity contribution in [3.63, 3.8) is 0 Å². The Bertz CT molecular complexity index is 521. The van der Waals surface area contributed by atoms with Gasteiger partial charge in [-0.1, -0.05) is 6.92 Å². The van der Waals surface area contributed by atoms with Crippen molar-refractivity contribution in [1.29, 1.82) is 5.26 Å². The molecule has 0 aliphatic heterocycles. The van der Waals surface area contributed by atoms with Gasteiger partial charge in [-0.15, -0.1) is 11.3 Å². The second-order valence-electron chi connectivity index (χ2n) is 2.97. The van der Waals surface area contributed by atoms with Crippen LogP contribution < -0.4 is 5.73 Å². The van der Waals surface area contributed by atoms with Crippen LogP contribution in [0.1, 0.15) is 18.2 Å². The van der Waals surface area contributed by atoms with E-state index >= 15 is 0 Å². The lowest BCUT2D eigenvalue weighted by atomic mass is 10.2. The fourth-order valence-electron chi connectivity index (χ4n) is 1.31. The molecule has 0 unspecified atom stereocenters. The van der Waals surface area contributed by atoms with Gasteiger partial charge in [0.25, 0.3) is 0 Å². The van der Waals surface area contributed by atoms with Gasteiger partial charge >= 0.3 is 0 Å². The molecule has 0 saturated carbocycles. The van der Waals surface area contributed by atoms with E-state index in [4.69, 9.17) is 15.4 Å². The minimum Gasteiger partial charge on any atom is -0.419 e. The van der Waals surface area contributed by atoms with Crippen molar-refractivity contribution in [3.8, 4) is 16.8 Å². The predicted molar refractivity (Wildman–Crippen MR) is 58.3 cm³/mol. The molecule has 0 aliphatic carbocycles. The SMILES string of the molecule is CCc1ccsc1-c1nc(C#N)c(N)o1. The van der Waals surface area contributed by atoms with Crippen molar-refractivity contribution < 1.29 is 4.42 Å². The highest BCUT2D eigenvalue weighted by atomic mass is 32.1. The number of anilines is 1. The number of nitrogens with two attached hydrogens (primary N) is 1. The number of hydrogen-bond donors (Lipinski definition) is 1. The normalized spacial score (nSPS) is 10.1. The first kappa shape index (κ1) is 9.74. The number of aromatic nitrogens is 1. The summed E-state index contributed by atoms with van der Waals surface area (Å²) in [5.74, 6) is 0.527. The van der Waals surface area contributed by atoms with Gasteiger partial charge in [-0.2, -0.15) is 10.2 Å². The minimum atomic E-state index is 0.0861. The predicted octanol–water partition coefficient (Wildman–Crippen LogP) is 2.42. The Hall–Kier alpha value is -1.80. The molecule has 2 aromatic rings. The third kappa shape index (κ3) is 1.60. The fourth-order valence-corrected chi connectivity index (χ4v) is 2.23. The third-order valence-corrected chi connectivity index (χ3v) is 3.03. The summed E-state index contributed by atoms with van der Waals surface area (Å²) in [5.41, 5.74) is 6.81. The first-order valence-corrected chi connectivity index (χ1v) is 5.37. The molecule has 5 heteroatoms. The molecule has 0 fully saturated rings. The molecule has 0 aromatic carbocycles. The molecular weight excluding hydrogens is 210 g/mol. The number of rotatable bonds is 2. The molecule has 0 atom stereocenters. The Morgan fingerprint density at radius 2 is 2.47 bits per heavy atom. The minimum absolute atomic E-state index is 0.0861. The average Bonchev–Trinajstić information content (AvgIpc) is 2.82. The standard InChI is InChI=1S/C10H9N3OS/c1-2-6-3-4-15-8(6)10-13-7(5-11)9(12)14-10/h3-4H,2,12H2,1H3. The lowest BCUT2D eigenvalue weighted by Crippen LogP contribution is -1.84. The monoisotopic (exact) mass is 219 g/mol. The number of hydrogen-bond acceptors (Lipinski definition) is 5. The molecule has 0 spiro atoms. The molecule has 2 heterocycles. The number of nitrogen functional groups attached to an aromatic ring is 1. The second-order valence-corrected chi connectivity index (χ2v) is 3.89. The van der Waals surface area contributed by atoms with Crippen molar-refractivity contribution in [1.82, 2.24) is 4.98 Å². The van der Waals surface area contributed by atoms with Crippen LogP contribution in [0.15, 0.2) is 15.9 Å². The molecular formula is C10H9N3OS. The first-order chi connectivity index (χ1) is 7.26. The van der Waals surface area contributed by atoms with E-state index in [1.807, 2.05) is 17.5 Å². The van der Waals surface area contributed by atoms with Crippen LogP contribution in [0.25, 0.3) is 10.8 Å². The van der Waals surface area contributed by atoms with Crippen molar-refractivity contribution in [2.45, 2.75) is 13.3 Å². The summed E-state index contributed by atoms with van der Waals surface area (Å²) in [7, 11) is 0. The van der Waals surface area contributed by atoms with E-state index in [0.29, 0.717) is 5.89 Å². The molecule has 15 heavy (non-hydrogen) atoms. The molecule has 2 aromatic heterocycles. The van der Waals surface area contributed by atoms with Gasteiger partial charge in [-0.05, 0) is 23.4 Å². The van der Waals surface area contributed by atoms with E-state index in [-0.39, 0.29) is 11.6 Å². The van der Waals surface area contributed by atoms with Crippen LogP contribution in [0.2, 0.25) is 0 Å². The summed E-state index contributed by atoms with van der Waals surface area (Å²) in [6.45, 7) is 2.06. The van der Waals surface area contributed by atoms with Gasteiger partial charge in [-0.3, -0.25) is 0 Å². The van der Waals surface area contributed by atoms with Gasteiger partial charge in [0.05, 0.1) is 4.88 Å². The zero-order valence-corrected chi connectivity index (χ0v) is 8.97. The molecule has 2 rings (SSSR count). The summed E-state index contributed by atoms with van der Waals surface area (Å²) in [6.07, 6.45) is 0.906. The van der Waals surface area contributed by atoms with Crippen LogP contribution in [0.5, 0.6) is 0 Å². The van der Waals surface area contributed by atoms with Gasteiger partial charge in [0.15, 0.2) is 0 Å². The molecule has 0 aliphatic rings. The lowest BCUT2D eigenvalue weighted by molar-refractivity contribution is 0.594. The lowest BCUT2D eigenvalue weighted by Gasteiger charge is -1.93. The highest BCUT2D eigenvalue weighted by molar-refractivity contribution is 7.13. The zero-order chi connectivity index (χ0) is 10.8. The van der Waals surface area contributed by atoms with E-state index < -0.39 is 0 Å². The van der Waals surface area contributed by atoms with Crippen molar-refractivity contribution >= 4 is 17.2 Å². The quantitative estimate of drug-likeness (QED) is 0.841. The van der Waals surface area contributed by atoms with Crippen LogP contribution in [-0.4, -0.2) is 4.98 Å². The Morgan fingerprint density at radius 1 is 1.67 bits per heavy atom. The molecule has 76 valence electrons.